The highest BCUT2D eigenvalue weighted by Crippen LogP contribution is 2.32. The van der Waals surface area contributed by atoms with E-state index in [2.05, 4.69) is 15.3 Å². The van der Waals surface area contributed by atoms with Crippen LogP contribution < -0.4 is 5.32 Å². The molecule has 0 unspecified atom stereocenters. The minimum absolute atomic E-state index is 0.0319. The predicted molar refractivity (Wildman–Crippen MR) is 141 cm³/mol. The number of aromatic nitrogens is 2. The number of pyridine rings is 1. The number of hydrogen-bond acceptors (Lipinski definition) is 5. The number of nitrogens with one attached hydrogen (secondary N) is 2. The first-order chi connectivity index (χ1) is 18.2. The lowest BCUT2D eigenvalue weighted by Crippen LogP contribution is -2.38. The lowest BCUT2D eigenvalue weighted by molar-refractivity contribution is -0.385. The summed E-state index contributed by atoms with van der Waals surface area (Å²) in [6, 6.07) is 11.0. The molecule has 9 nitrogen and oxygen atoms in total. The third-order valence-corrected chi connectivity index (χ3v) is 7.39. The van der Waals surface area contributed by atoms with Gasteiger partial charge in [-0.15, -0.1) is 0 Å². The molecule has 1 aliphatic rings. The number of fused-ring (bicyclic) bond motifs is 1. The number of anilines is 1. The van der Waals surface area contributed by atoms with Crippen LogP contribution in [0, 0.1) is 22.9 Å². The first kappa shape index (κ1) is 25.3. The van der Waals surface area contributed by atoms with Crippen LogP contribution in [-0.4, -0.2) is 44.7 Å². The van der Waals surface area contributed by atoms with Crippen LogP contribution in [0.1, 0.15) is 50.6 Å². The van der Waals surface area contributed by atoms with Crippen molar-refractivity contribution in [3.8, 4) is 0 Å². The van der Waals surface area contributed by atoms with Gasteiger partial charge in [0.05, 0.1) is 21.1 Å². The van der Waals surface area contributed by atoms with E-state index in [9.17, 15) is 24.1 Å². The SMILES string of the molecule is Cc1c([N+](=O)[O-])ccc(F)c1C(=O)Nc1ccc(C2CCN(C(=O)c3cnc4[nH]ccc4c3Cl)CC2)cc1. The second-order valence-electron chi connectivity index (χ2n) is 9.19. The lowest BCUT2D eigenvalue weighted by Gasteiger charge is -2.32. The van der Waals surface area contributed by atoms with E-state index in [4.69, 9.17) is 11.6 Å². The molecule has 194 valence electrons. The van der Waals surface area contributed by atoms with Crippen molar-refractivity contribution in [2.75, 3.05) is 18.4 Å². The largest absolute Gasteiger partial charge is 0.346 e. The fourth-order valence-corrected chi connectivity index (χ4v) is 5.17. The Hall–Kier alpha value is -4.31. The maximum Gasteiger partial charge on any atom is 0.273 e. The van der Waals surface area contributed by atoms with Crippen molar-refractivity contribution in [3.63, 3.8) is 0 Å². The van der Waals surface area contributed by atoms with Gasteiger partial charge in [-0.2, -0.15) is 0 Å². The summed E-state index contributed by atoms with van der Waals surface area (Å²) in [6.07, 6.45) is 4.75. The van der Waals surface area contributed by atoms with Crippen molar-refractivity contribution < 1.29 is 18.9 Å². The van der Waals surface area contributed by atoms with E-state index < -0.39 is 16.6 Å². The third kappa shape index (κ3) is 4.70. The summed E-state index contributed by atoms with van der Waals surface area (Å²) in [5.41, 5.74) is 1.81. The van der Waals surface area contributed by atoms with E-state index in [-0.39, 0.29) is 28.6 Å². The Morgan fingerprint density at radius 2 is 1.87 bits per heavy atom. The van der Waals surface area contributed by atoms with Gasteiger partial charge in [0.15, 0.2) is 0 Å². The minimum atomic E-state index is -0.825. The van der Waals surface area contributed by atoms with Crippen LogP contribution in [-0.2, 0) is 0 Å². The number of halogens is 2. The number of H-pyrrole nitrogens is 1. The molecule has 1 saturated heterocycles. The second kappa shape index (κ2) is 10.2. The van der Waals surface area contributed by atoms with E-state index in [1.165, 1.54) is 13.1 Å². The molecular weight excluding hydrogens is 513 g/mol. The molecule has 1 aliphatic heterocycles. The molecule has 5 rings (SSSR count). The molecule has 2 N–H and O–H groups in total. The zero-order valence-corrected chi connectivity index (χ0v) is 21.1. The number of nitrogens with zero attached hydrogens (tertiary/aromatic N) is 3. The number of amides is 2. The van der Waals surface area contributed by atoms with Gasteiger partial charge in [-0.3, -0.25) is 19.7 Å². The van der Waals surface area contributed by atoms with Crippen LogP contribution in [0.4, 0.5) is 15.8 Å². The Bertz CT molecular complexity index is 1560. The fourth-order valence-electron chi connectivity index (χ4n) is 4.89. The first-order valence-electron chi connectivity index (χ1n) is 12.0. The Morgan fingerprint density at radius 3 is 2.55 bits per heavy atom. The maximum atomic E-state index is 14.3. The number of likely N-dealkylation sites (tertiary alicyclic amines) is 1. The van der Waals surface area contributed by atoms with Crippen LogP contribution in [0.5, 0.6) is 0 Å². The molecule has 0 atom stereocenters. The Labute approximate surface area is 221 Å². The minimum Gasteiger partial charge on any atom is -0.346 e. The van der Waals surface area contributed by atoms with E-state index in [0.29, 0.717) is 40.4 Å². The number of nitro benzene ring substituents is 1. The average Bonchev–Trinajstić information content (AvgIpc) is 3.39. The summed E-state index contributed by atoms with van der Waals surface area (Å²) in [5, 5.41) is 14.9. The smallest absolute Gasteiger partial charge is 0.273 e. The van der Waals surface area contributed by atoms with Gasteiger partial charge in [-0.05, 0) is 55.5 Å². The van der Waals surface area contributed by atoms with Crippen LogP contribution in [0.15, 0.2) is 54.9 Å². The van der Waals surface area contributed by atoms with Gasteiger partial charge in [0.25, 0.3) is 17.5 Å². The van der Waals surface area contributed by atoms with Gasteiger partial charge in [-0.25, -0.2) is 9.37 Å². The average molecular weight is 536 g/mol. The monoisotopic (exact) mass is 535 g/mol. The van der Waals surface area contributed by atoms with Crippen molar-refractivity contribution >= 4 is 45.8 Å². The number of aromatic amines is 1. The highest BCUT2D eigenvalue weighted by atomic mass is 35.5. The number of piperidine rings is 1. The first-order valence-corrected chi connectivity index (χ1v) is 12.4. The Morgan fingerprint density at radius 1 is 1.16 bits per heavy atom. The van der Waals surface area contributed by atoms with Gasteiger partial charge in [0.1, 0.15) is 11.5 Å². The molecule has 4 aromatic rings. The summed E-state index contributed by atoms with van der Waals surface area (Å²) in [6.45, 7) is 2.48. The zero-order valence-electron chi connectivity index (χ0n) is 20.3. The summed E-state index contributed by atoms with van der Waals surface area (Å²) in [5.74, 6) is -1.50. The van der Waals surface area contributed by atoms with E-state index in [1.54, 1.807) is 29.3 Å². The molecule has 2 aromatic heterocycles. The number of carbonyl (C=O) groups excluding carboxylic acids is 2. The van der Waals surface area contributed by atoms with Gasteiger partial charge in [0.2, 0.25) is 0 Å². The molecule has 0 aliphatic carbocycles. The van der Waals surface area contributed by atoms with E-state index in [0.717, 1.165) is 30.5 Å². The summed E-state index contributed by atoms with van der Waals surface area (Å²) in [7, 11) is 0. The molecule has 2 aromatic carbocycles. The highest BCUT2D eigenvalue weighted by molar-refractivity contribution is 6.38. The molecular formula is C27H23ClFN5O4. The van der Waals surface area contributed by atoms with Gasteiger partial charge >= 0.3 is 0 Å². The van der Waals surface area contributed by atoms with Crippen molar-refractivity contribution in [1.82, 2.24) is 14.9 Å². The molecule has 38 heavy (non-hydrogen) atoms. The van der Waals surface area contributed by atoms with Gasteiger partial charge in [0, 0.05) is 48.2 Å². The Kier molecular flexibility index (Phi) is 6.81. The third-order valence-electron chi connectivity index (χ3n) is 6.98. The molecule has 11 heteroatoms. The van der Waals surface area contributed by atoms with Crippen molar-refractivity contribution in [2.45, 2.75) is 25.7 Å². The zero-order chi connectivity index (χ0) is 27.0. The summed E-state index contributed by atoms with van der Waals surface area (Å²) >= 11 is 6.46. The second-order valence-corrected chi connectivity index (χ2v) is 9.57. The van der Waals surface area contributed by atoms with Gasteiger partial charge in [-0.1, -0.05) is 23.7 Å². The molecule has 0 radical (unpaired) electrons. The fraction of sp³-hybridized carbons (Fsp3) is 0.222. The van der Waals surface area contributed by atoms with Gasteiger partial charge < -0.3 is 15.2 Å². The van der Waals surface area contributed by atoms with E-state index >= 15 is 0 Å². The standard InChI is InChI=1S/C27H23ClFN5O4/c1-15-22(34(37)38)7-6-21(29)23(15)26(35)32-18-4-2-16(3-5-18)17-9-12-33(13-10-17)27(36)20-14-31-25-19(24(20)28)8-11-30-25/h2-8,11,14,17H,9-10,12-13H2,1H3,(H,30,31)(H,32,35). The quantitative estimate of drug-likeness (QED) is 0.245. The van der Waals surface area contributed by atoms with Crippen molar-refractivity contribution in [2.24, 2.45) is 0 Å². The van der Waals surface area contributed by atoms with Crippen LogP contribution in [0.3, 0.4) is 0 Å². The van der Waals surface area contributed by atoms with Crippen LogP contribution in [0.2, 0.25) is 5.02 Å². The topological polar surface area (TPSA) is 121 Å². The van der Waals surface area contributed by atoms with Crippen LogP contribution >= 0.6 is 11.6 Å². The summed E-state index contributed by atoms with van der Waals surface area (Å²) in [4.78, 5) is 45.3. The molecule has 3 heterocycles. The lowest BCUT2D eigenvalue weighted by atomic mass is 9.89. The number of nitro groups is 1. The molecule has 0 saturated carbocycles. The van der Waals surface area contributed by atoms with Crippen molar-refractivity contribution in [3.05, 3.63) is 98.1 Å². The number of hydrogen-bond donors (Lipinski definition) is 2. The number of rotatable bonds is 5. The predicted octanol–water partition coefficient (Wildman–Crippen LogP) is 5.84. The highest BCUT2D eigenvalue weighted by Gasteiger charge is 2.27. The molecule has 2 amide bonds. The van der Waals surface area contributed by atoms with Crippen LogP contribution in [0.25, 0.3) is 11.0 Å². The summed E-state index contributed by atoms with van der Waals surface area (Å²) < 4.78 is 14.3. The Balaban J connectivity index is 1.22. The number of benzene rings is 2. The molecule has 0 bridgehead atoms. The number of carbonyl (C=O) groups is 2. The van der Waals surface area contributed by atoms with Crippen molar-refractivity contribution in [1.29, 1.82) is 0 Å². The maximum absolute atomic E-state index is 14.3. The molecule has 0 spiro atoms. The van der Waals surface area contributed by atoms with E-state index in [1.807, 2.05) is 12.1 Å². The molecule has 1 fully saturated rings. The normalized spacial score (nSPS) is 14.0.